The van der Waals surface area contributed by atoms with Crippen molar-refractivity contribution in [1.29, 1.82) is 0 Å². The van der Waals surface area contributed by atoms with Crippen LogP contribution in [0.3, 0.4) is 0 Å². The minimum absolute atomic E-state index is 0.0258. The van der Waals surface area contributed by atoms with Gasteiger partial charge in [0.2, 0.25) is 0 Å². The topological polar surface area (TPSA) is 46.5 Å². The number of carbonyl (C=O) groups is 1. The number of esters is 1. The third kappa shape index (κ3) is 5.13. The molecule has 1 N–H and O–H groups in total. The van der Waals surface area contributed by atoms with Crippen molar-refractivity contribution in [2.45, 2.75) is 4.58 Å². The molecule has 0 aliphatic heterocycles. The summed E-state index contributed by atoms with van der Waals surface area (Å²) in [6.07, 6.45) is 0. The van der Waals surface area contributed by atoms with Gasteiger partial charge in [-0.15, -0.1) is 23.3 Å². The van der Waals surface area contributed by atoms with Gasteiger partial charge in [0, 0.05) is 0 Å². The molecule has 0 aromatic rings. The number of hydrogen-bond donors (Lipinski definition) is 3. The second kappa shape index (κ2) is 7.48. The van der Waals surface area contributed by atoms with Crippen LogP contribution in [-0.2, 0) is 9.53 Å². The summed E-state index contributed by atoms with van der Waals surface area (Å²) in [5.74, 6) is -0.418. The summed E-state index contributed by atoms with van der Waals surface area (Å²) in [6, 6.07) is 0. The number of carbonyl (C=O) groups excluding carboxylic acids is 1. The maximum atomic E-state index is 10.9. The second-order valence-electron chi connectivity index (χ2n) is 1.43. The fourth-order valence-corrected chi connectivity index (χ4v) is 2.68. The molecule has 3 nitrogen and oxygen atoms in total. The molecular formula is C4H8O3S4. The van der Waals surface area contributed by atoms with Crippen molar-refractivity contribution < 1.29 is 14.6 Å². The van der Waals surface area contributed by atoms with Crippen LogP contribution < -0.4 is 0 Å². The average molecular weight is 232 g/mol. The summed E-state index contributed by atoms with van der Waals surface area (Å²) in [4.78, 5) is 10.9. The lowest BCUT2D eigenvalue weighted by Crippen LogP contribution is -2.16. The minimum atomic E-state index is -0.437. The molecule has 0 spiro atoms. The standard InChI is InChI=1S/C4H8O3S4/c5-1-2-7-3(6)4(10-8)11-9/h4-5,8-9H,1-2H2. The molecule has 0 bridgehead atoms. The Hall–Kier alpha value is 0.830. The minimum Gasteiger partial charge on any atom is -0.462 e. The zero-order valence-electron chi connectivity index (χ0n) is 5.47. The molecule has 0 rings (SSSR count). The van der Waals surface area contributed by atoms with Crippen molar-refractivity contribution in [3.8, 4) is 0 Å². The summed E-state index contributed by atoms with van der Waals surface area (Å²) in [7, 11) is 2.11. The van der Waals surface area contributed by atoms with E-state index in [9.17, 15) is 4.79 Å². The highest BCUT2D eigenvalue weighted by atomic mass is 33.1. The first-order valence-electron chi connectivity index (χ1n) is 2.64. The summed E-state index contributed by atoms with van der Waals surface area (Å²) >= 11 is 7.68. The van der Waals surface area contributed by atoms with Gasteiger partial charge < -0.3 is 9.84 Å². The molecule has 0 unspecified atom stereocenters. The first kappa shape index (κ1) is 11.8. The van der Waals surface area contributed by atoms with E-state index >= 15 is 0 Å². The second-order valence-corrected chi connectivity index (χ2v) is 4.36. The lowest BCUT2D eigenvalue weighted by molar-refractivity contribution is -0.142. The quantitative estimate of drug-likeness (QED) is 0.286. The Labute approximate surface area is 83.3 Å². The van der Waals surface area contributed by atoms with Crippen LogP contribution in [0.2, 0.25) is 0 Å². The predicted octanol–water partition coefficient (Wildman–Crippen LogP) is 1.00. The van der Waals surface area contributed by atoms with Crippen molar-refractivity contribution in [3.63, 3.8) is 0 Å². The van der Waals surface area contributed by atoms with E-state index in [-0.39, 0.29) is 13.2 Å². The maximum absolute atomic E-state index is 10.9. The molecular weight excluding hydrogens is 224 g/mol. The van der Waals surface area contributed by atoms with Crippen LogP contribution in [0.1, 0.15) is 0 Å². The molecule has 0 atom stereocenters. The van der Waals surface area contributed by atoms with Crippen molar-refractivity contribution >= 4 is 50.9 Å². The largest absolute Gasteiger partial charge is 0.462 e. The molecule has 0 heterocycles. The molecule has 0 aromatic heterocycles. The Morgan fingerprint density at radius 1 is 1.55 bits per heavy atom. The monoisotopic (exact) mass is 232 g/mol. The van der Waals surface area contributed by atoms with Gasteiger partial charge in [-0.3, -0.25) is 0 Å². The van der Waals surface area contributed by atoms with E-state index in [1.165, 1.54) is 0 Å². The van der Waals surface area contributed by atoms with Crippen LogP contribution in [0.4, 0.5) is 0 Å². The Balaban J connectivity index is 3.61. The molecule has 0 aliphatic carbocycles. The van der Waals surface area contributed by atoms with Crippen molar-refractivity contribution in [2.75, 3.05) is 13.2 Å². The smallest absolute Gasteiger partial charge is 0.331 e. The van der Waals surface area contributed by atoms with E-state index in [0.29, 0.717) is 0 Å². The fraction of sp³-hybridized carbons (Fsp3) is 0.750. The zero-order valence-corrected chi connectivity index (χ0v) is 8.89. The molecule has 0 amide bonds. The number of rotatable bonds is 5. The highest BCUT2D eigenvalue weighted by Crippen LogP contribution is 2.29. The number of aliphatic hydroxyl groups excluding tert-OH is 1. The van der Waals surface area contributed by atoms with Crippen molar-refractivity contribution in [2.24, 2.45) is 0 Å². The van der Waals surface area contributed by atoms with Gasteiger partial charge in [0.15, 0.2) is 4.58 Å². The van der Waals surface area contributed by atoms with Gasteiger partial charge in [-0.05, 0) is 0 Å². The summed E-state index contributed by atoms with van der Waals surface area (Å²) in [6.45, 7) is -0.134. The van der Waals surface area contributed by atoms with Crippen LogP contribution in [0.25, 0.3) is 0 Å². The first-order chi connectivity index (χ1) is 5.26. The molecule has 0 fully saturated rings. The SMILES string of the molecule is O=C(OCCO)C(SS)SS. The van der Waals surface area contributed by atoms with Crippen molar-refractivity contribution in [3.05, 3.63) is 0 Å². The average Bonchev–Trinajstić information content (AvgIpc) is 2.03. The Morgan fingerprint density at radius 3 is 2.45 bits per heavy atom. The van der Waals surface area contributed by atoms with Gasteiger partial charge in [0.05, 0.1) is 6.61 Å². The van der Waals surface area contributed by atoms with E-state index in [4.69, 9.17) is 5.11 Å². The van der Waals surface area contributed by atoms with E-state index in [1.807, 2.05) is 0 Å². The molecule has 0 saturated heterocycles. The van der Waals surface area contributed by atoms with Crippen LogP contribution in [-0.4, -0.2) is 28.9 Å². The molecule has 66 valence electrons. The summed E-state index contributed by atoms with van der Waals surface area (Å²) in [5, 5.41) is 8.31. The Morgan fingerprint density at radius 2 is 2.09 bits per heavy atom. The van der Waals surface area contributed by atoms with Crippen molar-refractivity contribution in [1.82, 2.24) is 0 Å². The van der Waals surface area contributed by atoms with Crippen LogP contribution in [0, 0.1) is 0 Å². The maximum Gasteiger partial charge on any atom is 0.331 e. The third-order valence-electron chi connectivity index (χ3n) is 0.720. The summed E-state index contributed by atoms with van der Waals surface area (Å²) in [5.41, 5.74) is 0. The highest BCUT2D eigenvalue weighted by Gasteiger charge is 2.17. The third-order valence-corrected chi connectivity index (χ3v) is 4.19. The van der Waals surface area contributed by atoms with E-state index in [2.05, 4.69) is 28.1 Å². The molecule has 7 heteroatoms. The van der Waals surface area contributed by atoms with Gasteiger partial charge in [0.1, 0.15) is 6.61 Å². The normalized spacial score (nSPS) is 10.2. The van der Waals surface area contributed by atoms with Gasteiger partial charge in [-0.25, -0.2) is 4.79 Å². The van der Waals surface area contributed by atoms with Crippen LogP contribution in [0.5, 0.6) is 0 Å². The van der Waals surface area contributed by atoms with Gasteiger partial charge >= 0.3 is 5.97 Å². The molecule has 0 radical (unpaired) electrons. The van der Waals surface area contributed by atoms with Crippen LogP contribution >= 0.6 is 44.9 Å². The number of thiol groups is 2. The molecule has 0 aromatic carbocycles. The Bertz CT molecular complexity index is 116. The number of aliphatic hydroxyl groups is 1. The first-order valence-corrected chi connectivity index (χ1v) is 6.50. The van der Waals surface area contributed by atoms with E-state index in [1.54, 1.807) is 0 Å². The highest BCUT2D eigenvalue weighted by molar-refractivity contribution is 8.78. The van der Waals surface area contributed by atoms with Crippen LogP contribution in [0.15, 0.2) is 0 Å². The lowest BCUT2D eigenvalue weighted by Gasteiger charge is -2.08. The molecule has 0 saturated carbocycles. The lowest BCUT2D eigenvalue weighted by atomic mass is 10.7. The molecule has 11 heavy (non-hydrogen) atoms. The van der Waals surface area contributed by atoms with E-state index < -0.39 is 10.6 Å². The van der Waals surface area contributed by atoms with E-state index in [0.717, 1.165) is 21.6 Å². The van der Waals surface area contributed by atoms with Gasteiger partial charge in [-0.1, -0.05) is 21.6 Å². The molecule has 0 aliphatic rings. The fourth-order valence-electron chi connectivity index (χ4n) is 0.320. The number of ether oxygens (including phenoxy) is 1. The summed E-state index contributed by atoms with van der Waals surface area (Å²) < 4.78 is 4.17. The van der Waals surface area contributed by atoms with Gasteiger partial charge in [-0.2, -0.15) is 0 Å². The Kier molecular flexibility index (Phi) is 8.04. The predicted molar refractivity (Wildman–Crippen MR) is 55.0 cm³/mol. The van der Waals surface area contributed by atoms with Gasteiger partial charge in [0.25, 0.3) is 0 Å². The zero-order chi connectivity index (χ0) is 8.69. The number of hydrogen-bond acceptors (Lipinski definition) is 7.